The van der Waals surface area contributed by atoms with Crippen molar-refractivity contribution >= 4 is 23.2 Å². The van der Waals surface area contributed by atoms with Crippen molar-refractivity contribution in [2.75, 3.05) is 11.9 Å². The van der Waals surface area contributed by atoms with Crippen LogP contribution in [0.25, 0.3) is 0 Å². The van der Waals surface area contributed by atoms with Gasteiger partial charge < -0.3 is 10.2 Å². The van der Waals surface area contributed by atoms with E-state index in [9.17, 15) is 4.79 Å². The molecule has 158 valence electrons. The minimum Gasteiger partial charge on any atom is -0.372 e. The van der Waals surface area contributed by atoms with Crippen molar-refractivity contribution in [1.29, 1.82) is 5.26 Å². The fourth-order valence-electron chi connectivity index (χ4n) is 3.75. The molecule has 0 radical (unpaired) electrons. The highest BCUT2D eigenvalue weighted by Gasteiger charge is 2.26. The molecule has 30 heavy (non-hydrogen) atoms. The molecule has 0 unspecified atom stereocenters. The Hall–Kier alpha value is -2.65. The van der Waals surface area contributed by atoms with Crippen molar-refractivity contribution in [2.45, 2.75) is 64.0 Å². The average Bonchev–Trinajstić information content (AvgIpc) is 2.73. The van der Waals surface area contributed by atoms with Gasteiger partial charge in [0.1, 0.15) is 6.07 Å². The summed E-state index contributed by atoms with van der Waals surface area (Å²) in [6.45, 7) is 6.20. The molecule has 1 aromatic heterocycles. The molecule has 3 rings (SSSR count). The van der Waals surface area contributed by atoms with Crippen molar-refractivity contribution in [3.05, 3.63) is 52.3 Å². The van der Waals surface area contributed by atoms with Gasteiger partial charge in [0.15, 0.2) is 5.69 Å². The summed E-state index contributed by atoms with van der Waals surface area (Å²) in [6, 6.07) is 11.7. The Kier molecular flexibility index (Phi) is 6.62. The number of aromatic nitrogens is 2. The zero-order valence-electron chi connectivity index (χ0n) is 17.9. The Morgan fingerprint density at radius 2 is 1.87 bits per heavy atom. The zero-order valence-corrected chi connectivity index (χ0v) is 18.7. The van der Waals surface area contributed by atoms with Crippen LogP contribution in [0.15, 0.2) is 30.3 Å². The summed E-state index contributed by atoms with van der Waals surface area (Å²) in [5.74, 6) is -0.168. The maximum absolute atomic E-state index is 12.5. The fraction of sp³-hybridized carbons (Fsp3) is 0.478. The van der Waals surface area contributed by atoms with Gasteiger partial charge in [0.2, 0.25) is 0 Å². The third-order valence-corrected chi connectivity index (χ3v) is 6.04. The number of carbonyl (C=O) groups is 1. The molecule has 0 bridgehead atoms. The third-order valence-electron chi connectivity index (χ3n) is 5.73. The first kappa shape index (κ1) is 22.0. The van der Waals surface area contributed by atoms with E-state index in [0.29, 0.717) is 22.3 Å². The molecule has 1 fully saturated rings. The highest BCUT2D eigenvalue weighted by molar-refractivity contribution is 6.32. The van der Waals surface area contributed by atoms with Gasteiger partial charge in [-0.2, -0.15) is 10.4 Å². The Balaban J connectivity index is 1.54. The van der Waals surface area contributed by atoms with Crippen molar-refractivity contribution in [1.82, 2.24) is 15.5 Å². The number of hydrogen-bond acceptors (Lipinski definition) is 5. The monoisotopic (exact) mass is 425 g/mol. The Morgan fingerprint density at radius 1 is 1.17 bits per heavy atom. The number of rotatable bonds is 4. The SMILES string of the molecule is CN(c1ccc(C#N)c(Cl)c1)C1CCC(NC(=O)c2ccc(C(C)(C)C)nn2)CC1. The summed E-state index contributed by atoms with van der Waals surface area (Å²) in [5, 5.41) is 20.9. The number of nitrogens with one attached hydrogen (secondary N) is 1. The molecule has 1 aliphatic carbocycles. The number of nitrogens with zero attached hydrogens (tertiary/aromatic N) is 4. The largest absolute Gasteiger partial charge is 0.372 e. The van der Waals surface area contributed by atoms with E-state index >= 15 is 0 Å². The maximum Gasteiger partial charge on any atom is 0.272 e. The van der Waals surface area contributed by atoms with Crippen LogP contribution in [0.2, 0.25) is 5.02 Å². The highest BCUT2D eigenvalue weighted by atomic mass is 35.5. The molecule has 1 aliphatic rings. The van der Waals surface area contributed by atoms with Crippen LogP contribution in [-0.2, 0) is 5.41 Å². The lowest BCUT2D eigenvalue weighted by Gasteiger charge is -2.36. The van der Waals surface area contributed by atoms with Gasteiger partial charge >= 0.3 is 0 Å². The van der Waals surface area contributed by atoms with Gasteiger partial charge in [-0.25, -0.2) is 0 Å². The van der Waals surface area contributed by atoms with Gasteiger partial charge in [-0.05, 0) is 56.0 Å². The molecular weight excluding hydrogens is 398 g/mol. The van der Waals surface area contributed by atoms with E-state index in [4.69, 9.17) is 16.9 Å². The molecule has 0 spiro atoms. The maximum atomic E-state index is 12.5. The van der Waals surface area contributed by atoms with E-state index in [1.54, 1.807) is 12.1 Å². The second kappa shape index (κ2) is 9.01. The van der Waals surface area contributed by atoms with Crippen LogP contribution in [0, 0.1) is 11.3 Å². The van der Waals surface area contributed by atoms with E-state index < -0.39 is 0 Å². The van der Waals surface area contributed by atoms with E-state index in [0.717, 1.165) is 37.1 Å². The first-order valence-electron chi connectivity index (χ1n) is 10.3. The van der Waals surface area contributed by atoms with E-state index in [-0.39, 0.29) is 17.4 Å². The standard InChI is InChI=1S/C23H28ClN5O/c1-23(2,3)21-12-11-20(27-28-21)22(30)26-16-6-9-17(10-7-16)29(4)18-8-5-15(14-25)19(24)13-18/h5,8,11-13,16-17H,6-7,9-10H2,1-4H3,(H,26,30). The summed E-state index contributed by atoms with van der Waals surface area (Å²) in [7, 11) is 2.05. The molecule has 7 heteroatoms. The van der Waals surface area contributed by atoms with Crippen LogP contribution in [-0.4, -0.2) is 35.2 Å². The van der Waals surface area contributed by atoms with Crippen LogP contribution in [0.1, 0.15) is 68.2 Å². The summed E-state index contributed by atoms with van der Waals surface area (Å²) >= 11 is 6.18. The minimum atomic E-state index is -0.168. The lowest BCUT2D eigenvalue weighted by Crippen LogP contribution is -2.43. The number of amides is 1. The summed E-state index contributed by atoms with van der Waals surface area (Å²) in [4.78, 5) is 14.8. The molecule has 0 atom stereocenters. The van der Waals surface area contributed by atoms with E-state index in [2.05, 4.69) is 47.3 Å². The predicted molar refractivity (Wildman–Crippen MR) is 119 cm³/mol. The normalized spacial score (nSPS) is 19.1. The summed E-state index contributed by atoms with van der Waals surface area (Å²) in [5.41, 5.74) is 2.62. The highest BCUT2D eigenvalue weighted by Crippen LogP contribution is 2.29. The summed E-state index contributed by atoms with van der Waals surface area (Å²) < 4.78 is 0. The molecule has 0 aliphatic heterocycles. The van der Waals surface area contributed by atoms with Crippen molar-refractivity contribution < 1.29 is 4.79 Å². The van der Waals surface area contributed by atoms with Gasteiger partial charge in [-0.15, -0.1) is 5.10 Å². The van der Waals surface area contributed by atoms with Crippen LogP contribution in [0.3, 0.4) is 0 Å². The van der Waals surface area contributed by atoms with Crippen molar-refractivity contribution in [3.63, 3.8) is 0 Å². The number of anilines is 1. The number of halogens is 1. The molecule has 1 heterocycles. The van der Waals surface area contributed by atoms with E-state index in [1.165, 1.54) is 0 Å². The van der Waals surface area contributed by atoms with Crippen LogP contribution in [0.4, 0.5) is 5.69 Å². The Morgan fingerprint density at radius 3 is 2.40 bits per heavy atom. The second-order valence-corrected chi connectivity index (χ2v) is 9.33. The predicted octanol–water partition coefficient (Wildman–Crippen LogP) is 4.48. The lowest BCUT2D eigenvalue weighted by atomic mass is 9.90. The fourth-order valence-corrected chi connectivity index (χ4v) is 3.96. The Labute approximate surface area is 183 Å². The molecular formula is C23H28ClN5O. The molecule has 1 N–H and O–H groups in total. The zero-order chi connectivity index (χ0) is 21.9. The van der Waals surface area contributed by atoms with Gasteiger partial charge in [0.05, 0.1) is 16.3 Å². The smallest absolute Gasteiger partial charge is 0.272 e. The van der Waals surface area contributed by atoms with Gasteiger partial charge in [-0.3, -0.25) is 4.79 Å². The second-order valence-electron chi connectivity index (χ2n) is 8.92. The van der Waals surface area contributed by atoms with Crippen LogP contribution in [0.5, 0.6) is 0 Å². The number of hydrogen-bond donors (Lipinski definition) is 1. The quantitative estimate of drug-likeness (QED) is 0.781. The van der Waals surface area contributed by atoms with Gasteiger partial charge in [0, 0.05) is 30.2 Å². The van der Waals surface area contributed by atoms with Crippen LogP contribution >= 0.6 is 11.6 Å². The van der Waals surface area contributed by atoms with Gasteiger partial charge in [0.25, 0.3) is 5.91 Å². The van der Waals surface area contributed by atoms with E-state index in [1.807, 2.05) is 25.2 Å². The van der Waals surface area contributed by atoms with Crippen molar-refractivity contribution in [3.8, 4) is 6.07 Å². The van der Waals surface area contributed by atoms with Crippen molar-refractivity contribution in [2.24, 2.45) is 0 Å². The molecule has 2 aromatic rings. The lowest BCUT2D eigenvalue weighted by molar-refractivity contribution is 0.0919. The van der Waals surface area contributed by atoms with Gasteiger partial charge in [-0.1, -0.05) is 32.4 Å². The third kappa shape index (κ3) is 5.09. The molecule has 0 saturated heterocycles. The number of benzene rings is 1. The number of carbonyl (C=O) groups excluding carboxylic acids is 1. The molecule has 1 saturated carbocycles. The first-order chi connectivity index (χ1) is 14.2. The minimum absolute atomic E-state index is 0.0917. The number of nitriles is 1. The molecule has 1 aromatic carbocycles. The Bertz CT molecular complexity index is 938. The topological polar surface area (TPSA) is 81.9 Å². The average molecular weight is 426 g/mol. The summed E-state index contributed by atoms with van der Waals surface area (Å²) in [6.07, 6.45) is 3.73. The first-order valence-corrected chi connectivity index (χ1v) is 10.6. The molecule has 1 amide bonds. The van der Waals surface area contributed by atoms with Crippen LogP contribution < -0.4 is 10.2 Å². The molecule has 6 nitrogen and oxygen atoms in total.